The molecule has 0 aromatic heterocycles. The van der Waals surface area contributed by atoms with Gasteiger partial charge in [0.25, 0.3) is 0 Å². The SMILES string of the molecule is COC1=CC(C)[C](C)C=C1. The van der Waals surface area contributed by atoms with Crippen LogP contribution in [0.4, 0.5) is 0 Å². The van der Waals surface area contributed by atoms with Gasteiger partial charge in [0.2, 0.25) is 0 Å². The van der Waals surface area contributed by atoms with Gasteiger partial charge in [-0.05, 0) is 18.1 Å². The summed E-state index contributed by atoms with van der Waals surface area (Å²) in [5.41, 5.74) is 0. The maximum Gasteiger partial charge on any atom is 0.114 e. The van der Waals surface area contributed by atoms with Crippen molar-refractivity contribution in [3.63, 3.8) is 0 Å². The summed E-state index contributed by atoms with van der Waals surface area (Å²) in [5.74, 6) is 2.89. The third-order valence-electron chi connectivity index (χ3n) is 1.88. The molecule has 0 fully saturated rings. The molecule has 0 amide bonds. The van der Waals surface area contributed by atoms with Gasteiger partial charge < -0.3 is 4.74 Å². The Hall–Kier alpha value is -0.720. The minimum Gasteiger partial charge on any atom is -0.497 e. The number of allylic oxidation sites excluding steroid dienone is 3. The predicted octanol–water partition coefficient (Wildman–Crippen LogP) is 2.32. The maximum atomic E-state index is 5.07. The topological polar surface area (TPSA) is 9.23 Å². The van der Waals surface area contributed by atoms with Crippen molar-refractivity contribution in [1.82, 2.24) is 0 Å². The lowest BCUT2D eigenvalue weighted by Gasteiger charge is -2.17. The molecule has 1 aliphatic rings. The molecular weight excluding hydrogens is 124 g/mol. The van der Waals surface area contributed by atoms with Crippen LogP contribution in [0.3, 0.4) is 0 Å². The highest BCUT2D eigenvalue weighted by atomic mass is 16.5. The zero-order chi connectivity index (χ0) is 7.56. The zero-order valence-electron chi connectivity index (χ0n) is 6.72. The van der Waals surface area contributed by atoms with Crippen LogP contribution in [0.2, 0.25) is 0 Å². The molecule has 10 heavy (non-hydrogen) atoms. The van der Waals surface area contributed by atoms with E-state index in [-0.39, 0.29) is 0 Å². The number of ether oxygens (including phenoxy) is 1. The van der Waals surface area contributed by atoms with Crippen LogP contribution in [-0.2, 0) is 4.74 Å². The molecule has 0 N–H and O–H groups in total. The molecule has 0 aromatic carbocycles. The molecule has 0 heterocycles. The molecule has 0 aromatic rings. The normalized spacial score (nSPS) is 26.3. The highest BCUT2D eigenvalue weighted by Crippen LogP contribution is 2.23. The largest absolute Gasteiger partial charge is 0.497 e. The number of methoxy groups -OCH3 is 1. The highest BCUT2D eigenvalue weighted by molar-refractivity contribution is 5.29. The molecule has 1 nitrogen and oxygen atoms in total. The second kappa shape index (κ2) is 2.91. The van der Waals surface area contributed by atoms with Crippen LogP contribution >= 0.6 is 0 Å². The van der Waals surface area contributed by atoms with E-state index >= 15 is 0 Å². The van der Waals surface area contributed by atoms with Crippen LogP contribution in [0.25, 0.3) is 0 Å². The Labute approximate surface area is 62.4 Å². The summed E-state index contributed by atoms with van der Waals surface area (Å²) in [6.45, 7) is 4.29. The average Bonchev–Trinajstić information content (AvgIpc) is 1.95. The van der Waals surface area contributed by atoms with Gasteiger partial charge in [0.1, 0.15) is 5.76 Å². The summed E-state index contributed by atoms with van der Waals surface area (Å²) >= 11 is 0. The highest BCUT2D eigenvalue weighted by Gasteiger charge is 2.11. The van der Waals surface area contributed by atoms with E-state index in [4.69, 9.17) is 4.74 Å². The molecule has 0 spiro atoms. The van der Waals surface area contributed by atoms with Gasteiger partial charge in [-0.3, -0.25) is 0 Å². The Morgan fingerprint density at radius 2 is 2.10 bits per heavy atom. The van der Waals surface area contributed by atoms with Crippen molar-refractivity contribution in [2.45, 2.75) is 13.8 Å². The van der Waals surface area contributed by atoms with Gasteiger partial charge >= 0.3 is 0 Å². The Kier molecular flexibility index (Phi) is 2.15. The van der Waals surface area contributed by atoms with E-state index in [0.717, 1.165) is 5.76 Å². The first-order chi connectivity index (χ1) is 4.74. The van der Waals surface area contributed by atoms with E-state index in [9.17, 15) is 0 Å². The monoisotopic (exact) mass is 137 g/mol. The molecule has 0 saturated heterocycles. The van der Waals surface area contributed by atoms with Crippen molar-refractivity contribution in [3.8, 4) is 0 Å². The second-order valence-electron chi connectivity index (χ2n) is 2.64. The van der Waals surface area contributed by atoms with Crippen LogP contribution in [0.5, 0.6) is 0 Å². The number of hydrogen-bond donors (Lipinski definition) is 0. The third kappa shape index (κ3) is 1.41. The fraction of sp³-hybridized carbons (Fsp3) is 0.444. The van der Waals surface area contributed by atoms with Crippen molar-refractivity contribution in [3.05, 3.63) is 29.9 Å². The smallest absolute Gasteiger partial charge is 0.114 e. The number of rotatable bonds is 1. The summed E-state index contributed by atoms with van der Waals surface area (Å²) in [7, 11) is 1.70. The van der Waals surface area contributed by atoms with E-state index in [1.54, 1.807) is 7.11 Å². The lowest BCUT2D eigenvalue weighted by molar-refractivity contribution is 0.301. The average molecular weight is 137 g/mol. The van der Waals surface area contributed by atoms with Crippen LogP contribution < -0.4 is 0 Å². The molecule has 55 valence electrons. The van der Waals surface area contributed by atoms with Crippen molar-refractivity contribution >= 4 is 0 Å². The fourth-order valence-corrected chi connectivity index (χ4v) is 0.935. The van der Waals surface area contributed by atoms with Crippen LogP contribution in [-0.4, -0.2) is 7.11 Å². The van der Waals surface area contributed by atoms with Crippen molar-refractivity contribution in [2.24, 2.45) is 5.92 Å². The van der Waals surface area contributed by atoms with E-state index in [2.05, 4.69) is 26.0 Å². The Morgan fingerprint density at radius 3 is 2.60 bits per heavy atom. The summed E-state index contributed by atoms with van der Waals surface area (Å²) in [6, 6.07) is 0. The van der Waals surface area contributed by atoms with Crippen molar-refractivity contribution < 1.29 is 4.74 Å². The lowest BCUT2D eigenvalue weighted by Crippen LogP contribution is -2.05. The van der Waals surface area contributed by atoms with Gasteiger partial charge in [0, 0.05) is 5.92 Å². The summed E-state index contributed by atoms with van der Waals surface area (Å²) < 4.78 is 5.07. The molecule has 1 atom stereocenters. The van der Waals surface area contributed by atoms with Crippen molar-refractivity contribution in [2.75, 3.05) is 7.11 Å². The molecule has 0 saturated carbocycles. The van der Waals surface area contributed by atoms with E-state index in [1.165, 1.54) is 5.92 Å². The maximum absolute atomic E-state index is 5.07. The fourth-order valence-electron chi connectivity index (χ4n) is 0.935. The summed E-state index contributed by atoms with van der Waals surface area (Å²) in [6.07, 6.45) is 6.22. The van der Waals surface area contributed by atoms with Crippen molar-refractivity contribution in [1.29, 1.82) is 0 Å². The summed E-state index contributed by atoms with van der Waals surface area (Å²) in [4.78, 5) is 0. The molecule has 1 rings (SSSR count). The van der Waals surface area contributed by atoms with Crippen LogP contribution in [0, 0.1) is 11.8 Å². The van der Waals surface area contributed by atoms with Gasteiger partial charge in [-0.1, -0.05) is 19.9 Å². The Bertz CT molecular complexity index is 168. The zero-order valence-corrected chi connectivity index (χ0v) is 6.72. The minimum absolute atomic E-state index is 0.528. The van der Waals surface area contributed by atoms with Crippen LogP contribution in [0.15, 0.2) is 24.0 Å². The molecule has 1 aliphatic carbocycles. The number of hydrogen-bond acceptors (Lipinski definition) is 1. The molecule has 1 unspecified atom stereocenters. The first-order valence-electron chi connectivity index (χ1n) is 3.51. The molecule has 0 bridgehead atoms. The summed E-state index contributed by atoms with van der Waals surface area (Å²) in [5, 5.41) is 0. The minimum atomic E-state index is 0.528. The molecular formula is C9H13O. The first-order valence-corrected chi connectivity index (χ1v) is 3.51. The van der Waals surface area contributed by atoms with Gasteiger partial charge in [0.15, 0.2) is 0 Å². The van der Waals surface area contributed by atoms with E-state index < -0.39 is 0 Å². The van der Waals surface area contributed by atoms with E-state index in [1.807, 2.05) is 6.08 Å². The van der Waals surface area contributed by atoms with Gasteiger partial charge in [-0.2, -0.15) is 0 Å². The lowest BCUT2D eigenvalue weighted by atomic mass is 9.91. The standard InChI is InChI=1S/C9H13O/c1-7-4-5-9(10-3)6-8(7)2/h4-6,8H,1-3H3. The van der Waals surface area contributed by atoms with E-state index in [0.29, 0.717) is 5.92 Å². The molecule has 0 aliphatic heterocycles. The first kappa shape index (κ1) is 7.39. The molecule has 1 heteroatoms. The Morgan fingerprint density at radius 1 is 1.40 bits per heavy atom. The predicted molar refractivity (Wildman–Crippen MR) is 42.3 cm³/mol. The van der Waals surface area contributed by atoms with Gasteiger partial charge in [0.05, 0.1) is 7.11 Å². The quantitative estimate of drug-likeness (QED) is 0.539. The van der Waals surface area contributed by atoms with Crippen LogP contribution in [0.1, 0.15) is 13.8 Å². The van der Waals surface area contributed by atoms with Gasteiger partial charge in [-0.15, -0.1) is 0 Å². The Balaban J connectivity index is 2.66. The third-order valence-corrected chi connectivity index (χ3v) is 1.88. The molecule has 1 radical (unpaired) electrons. The van der Waals surface area contributed by atoms with Gasteiger partial charge in [-0.25, -0.2) is 0 Å². The second-order valence-corrected chi connectivity index (χ2v) is 2.64.